The van der Waals surface area contributed by atoms with E-state index in [9.17, 15) is 9.90 Å². The number of aliphatic hydroxyl groups excluding tert-OH is 1. The first kappa shape index (κ1) is 9.80. The van der Waals surface area contributed by atoms with Crippen LogP contribution in [0.4, 0.5) is 0 Å². The van der Waals surface area contributed by atoms with E-state index in [1.54, 1.807) is 12.2 Å². The number of rotatable bonds is 0. The Morgan fingerprint density at radius 1 is 0.889 bits per heavy atom. The second-order valence-electron chi connectivity index (χ2n) is 4.70. The van der Waals surface area contributed by atoms with Crippen LogP contribution in [0.15, 0.2) is 36.4 Å². The summed E-state index contributed by atoms with van der Waals surface area (Å²) in [5.41, 5.74) is 3.73. The number of allylic oxidation sites excluding steroid dienone is 1. The molecule has 2 nitrogen and oxygen atoms in total. The van der Waals surface area contributed by atoms with Gasteiger partial charge >= 0.3 is 0 Å². The molecular weight excluding hydrogens is 224 g/mol. The van der Waals surface area contributed by atoms with Crippen LogP contribution in [-0.2, 0) is 0 Å². The van der Waals surface area contributed by atoms with E-state index >= 15 is 0 Å². The molecule has 0 saturated heterocycles. The van der Waals surface area contributed by atoms with Gasteiger partial charge in [0.25, 0.3) is 0 Å². The van der Waals surface area contributed by atoms with Crippen molar-refractivity contribution in [3.05, 3.63) is 58.7 Å². The first-order valence-electron chi connectivity index (χ1n) is 5.94. The molecule has 0 bridgehead atoms. The zero-order chi connectivity index (χ0) is 12.3. The lowest BCUT2D eigenvalue weighted by molar-refractivity contribution is 0.104. The van der Waals surface area contributed by atoms with E-state index in [4.69, 9.17) is 0 Å². The SMILES string of the molecule is O=C1C=Cc2ccc3c4c(ccc1c24)C=CC3O. The Balaban J connectivity index is 2.28. The highest BCUT2D eigenvalue weighted by Crippen LogP contribution is 2.38. The Morgan fingerprint density at radius 3 is 2.56 bits per heavy atom. The third-order valence-electron chi connectivity index (χ3n) is 3.71. The Kier molecular flexibility index (Phi) is 1.73. The molecule has 18 heavy (non-hydrogen) atoms. The molecule has 0 fully saturated rings. The van der Waals surface area contributed by atoms with Crippen LogP contribution in [0.5, 0.6) is 0 Å². The van der Waals surface area contributed by atoms with E-state index in [2.05, 4.69) is 0 Å². The second-order valence-corrected chi connectivity index (χ2v) is 4.70. The molecule has 2 aliphatic carbocycles. The highest BCUT2D eigenvalue weighted by molar-refractivity contribution is 6.21. The van der Waals surface area contributed by atoms with Gasteiger partial charge in [-0.1, -0.05) is 36.4 Å². The fraction of sp³-hybridized carbons (Fsp3) is 0.0625. The lowest BCUT2D eigenvalue weighted by Gasteiger charge is -2.21. The molecule has 2 aromatic rings. The fourth-order valence-corrected chi connectivity index (χ4v) is 2.86. The van der Waals surface area contributed by atoms with Gasteiger partial charge in [-0.2, -0.15) is 0 Å². The number of benzene rings is 2. The molecule has 4 rings (SSSR count). The first-order valence-corrected chi connectivity index (χ1v) is 5.94. The average molecular weight is 234 g/mol. The second kappa shape index (κ2) is 3.18. The maximum absolute atomic E-state index is 11.9. The van der Waals surface area contributed by atoms with Gasteiger partial charge in [-0.3, -0.25) is 4.79 Å². The predicted octanol–water partition coefficient (Wildman–Crippen LogP) is 3.11. The summed E-state index contributed by atoms with van der Waals surface area (Å²) in [5, 5.41) is 12.0. The minimum Gasteiger partial charge on any atom is -0.384 e. The van der Waals surface area contributed by atoms with Crippen LogP contribution in [0.3, 0.4) is 0 Å². The van der Waals surface area contributed by atoms with Crippen molar-refractivity contribution in [2.75, 3.05) is 0 Å². The molecule has 86 valence electrons. The van der Waals surface area contributed by atoms with E-state index in [-0.39, 0.29) is 5.78 Å². The summed E-state index contributed by atoms with van der Waals surface area (Å²) in [4.78, 5) is 11.9. The molecule has 0 aliphatic heterocycles. The van der Waals surface area contributed by atoms with E-state index in [0.717, 1.165) is 33.0 Å². The number of ketones is 1. The molecule has 1 N–H and O–H groups in total. The molecule has 0 amide bonds. The minimum atomic E-state index is -0.581. The van der Waals surface area contributed by atoms with E-state index in [1.165, 1.54) is 0 Å². The van der Waals surface area contributed by atoms with Crippen molar-refractivity contribution in [2.24, 2.45) is 0 Å². The number of carbonyl (C=O) groups is 1. The summed E-state index contributed by atoms with van der Waals surface area (Å²) in [7, 11) is 0. The summed E-state index contributed by atoms with van der Waals surface area (Å²) < 4.78 is 0. The summed E-state index contributed by atoms with van der Waals surface area (Å²) in [5.74, 6) is 0.0373. The average Bonchev–Trinajstić information content (AvgIpc) is 2.40. The smallest absolute Gasteiger partial charge is 0.186 e. The van der Waals surface area contributed by atoms with Gasteiger partial charge in [-0.25, -0.2) is 0 Å². The molecule has 2 aromatic carbocycles. The van der Waals surface area contributed by atoms with Crippen molar-refractivity contribution < 1.29 is 9.90 Å². The molecule has 0 saturated carbocycles. The van der Waals surface area contributed by atoms with E-state index < -0.39 is 6.10 Å². The van der Waals surface area contributed by atoms with Gasteiger partial charge in [0.15, 0.2) is 5.78 Å². The number of carbonyl (C=O) groups excluding carboxylic acids is 1. The van der Waals surface area contributed by atoms with Gasteiger partial charge in [0.2, 0.25) is 0 Å². The van der Waals surface area contributed by atoms with Gasteiger partial charge in [0, 0.05) is 10.9 Å². The zero-order valence-corrected chi connectivity index (χ0v) is 9.55. The van der Waals surface area contributed by atoms with Crippen molar-refractivity contribution in [3.63, 3.8) is 0 Å². The van der Waals surface area contributed by atoms with Crippen LogP contribution in [0, 0.1) is 0 Å². The molecule has 0 aromatic heterocycles. The van der Waals surface area contributed by atoms with Gasteiger partial charge in [-0.15, -0.1) is 0 Å². The van der Waals surface area contributed by atoms with E-state index in [0.29, 0.717) is 0 Å². The molecule has 0 heterocycles. The summed E-state index contributed by atoms with van der Waals surface area (Å²) >= 11 is 0. The maximum atomic E-state index is 11.9. The topological polar surface area (TPSA) is 37.3 Å². The van der Waals surface area contributed by atoms with Crippen LogP contribution in [0.1, 0.15) is 33.2 Å². The molecular formula is C16H10O2. The van der Waals surface area contributed by atoms with E-state index in [1.807, 2.05) is 36.4 Å². The lowest BCUT2D eigenvalue weighted by atomic mass is 9.84. The highest BCUT2D eigenvalue weighted by Gasteiger charge is 2.22. The molecule has 1 unspecified atom stereocenters. The third kappa shape index (κ3) is 1.08. The Hall–Kier alpha value is -2.19. The number of aliphatic hydroxyl groups is 1. The normalized spacial score (nSPS) is 19.6. The third-order valence-corrected chi connectivity index (χ3v) is 3.71. The van der Waals surface area contributed by atoms with Crippen LogP contribution >= 0.6 is 0 Å². The summed E-state index contributed by atoms with van der Waals surface area (Å²) in [6.07, 6.45) is 6.57. The van der Waals surface area contributed by atoms with Crippen LogP contribution in [0.25, 0.3) is 22.9 Å². The van der Waals surface area contributed by atoms with Crippen molar-refractivity contribution in [1.82, 2.24) is 0 Å². The predicted molar refractivity (Wildman–Crippen MR) is 71.3 cm³/mol. The largest absolute Gasteiger partial charge is 0.384 e. The first-order chi connectivity index (χ1) is 8.75. The van der Waals surface area contributed by atoms with Gasteiger partial charge in [0.05, 0.1) is 6.10 Å². The Morgan fingerprint density at radius 2 is 1.67 bits per heavy atom. The van der Waals surface area contributed by atoms with Crippen LogP contribution < -0.4 is 0 Å². The van der Waals surface area contributed by atoms with Gasteiger partial charge < -0.3 is 5.11 Å². The van der Waals surface area contributed by atoms with Gasteiger partial charge in [0.1, 0.15) is 0 Å². The molecule has 1 atom stereocenters. The summed E-state index contributed by atoms with van der Waals surface area (Å²) in [6, 6.07) is 7.73. The van der Waals surface area contributed by atoms with Crippen LogP contribution in [0.2, 0.25) is 0 Å². The lowest BCUT2D eigenvalue weighted by Crippen LogP contribution is -2.07. The quantitative estimate of drug-likeness (QED) is 0.760. The number of hydrogen-bond acceptors (Lipinski definition) is 2. The minimum absolute atomic E-state index is 0.0373. The molecule has 2 aliphatic rings. The van der Waals surface area contributed by atoms with Crippen molar-refractivity contribution >= 4 is 28.7 Å². The number of hydrogen-bond donors (Lipinski definition) is 1. The zero-order valence-electron chi connectivity index (χ0n) is 9.55. The van der Waals surface area contributed by atoms with Crippen molar-refractivity contribution in [3.8, 4) is 0 Å². The van der Waals surface area contributed by atoms with Crippen molar-refractivity contribution in [1.29, 1.82) is 0 Å². The molecule has 0 spiro atoms. The van der Waals surface area contributed by atoms with Gasteiger partial charge in [-0.05, 0) is 34.2 Å². The standard InChI is InChI=1S/C16H10O2/c17-13-8-4-10-2-6-12-14(18)7-3-9-1-5-11(13)16(10)15(9)12/h1-8,13,17H. The summed E-state index contributed by atoms with van der Waals surface area (Å²) in [6.45, 7) is 0. The monoisotopic (exact) mass is 234 g/mol. The Labute approximate surface area is 104 Å². The van der Waals surface area contributed by atoms with Crippen LogP contribution in [-0.4, -0.2) is 10.9 Å². The maximum Gasteiger partial charge on any atom is 0.186 e. The molecule has 0 radical (unpaired) electrons. The molecule has 2 heteroatoms. The van der Waals surface area contributed by atoms with Crippen molar-refractivity contribution in [2.45, 2.75) is 6.10 Å². The highest BCUT2D eigenvalue weighted by atomic mass is 16.3. The Bertz CT molecular complexity index is 766. The fourth-order valence-electron chi connectivity index (χ4n) is 2.86.